The van der Waals surface area contributed by atoms with Crippen LogP contribution < -0.4 is 5.32 Å². The Kier molecular flexibility index (Phi) is 13.3. The number of rotatable bonds is 15. The predicted molar refractivity (Wildman–Crippen MR) is 108 cm³/mol. The minimum atomic E-state index is -0.246. The molecule has 4 heteroatoms. The molecule has 0 bridgehead atoms. The number of carbonyl (C=O) groups excluding carboxylic acids is 3. The maximum absolute atomic E-state index is 12.8. The average molecular weight is 368 g/mol. The van der Waals surface area contributed by atoms with Gasteiger partial charge in [-0.1, -0.05) is 47.5 Å². The number of hydrogen-bond donors (Lipinski definition) is 1. The van der Waals surface area contributed by atoms with Crippen molar-refractivity contribution in [2.75, 3.05) is 0 Å². The number of amides is 1. The first-order chi connectivity index (χ1) is 12.2. The zero-order chi connectivity index (χ0) is 20.1. The Morgan fingerprint density at radius 3 is 2.04 bits per heavy atom. The quantitative estimate of drug-likeness (QED) is 0.417. The summed E-state index contributed by atoms with van der Waals surface area (Å²) in [5.41, 5.74) is 0. The van der Waals surface area contributed by atoms with E-state index in [2.05, 4.69) is 39.9 Å². The maximum atomic E-state index is 12.8. The van der Waals surface area contributed by atoms with Crippen molar-refractivity contribution >= 4 is 18.0 Å². The van der Waals surface area contributed by atoms with Crippen molar-refractivity contribution in [3.63, 3.8) is 0 Å². The van der Waals surface area contributed by atoms with Gasteiger partial charge in [-0.2, -0.15) is 0 Å². The lowest BCUT2D eigenvalue weighted by Crippen LogP contribution is -2.41. The third kappa shape index (κ3) is 12.2. The fourth-order valence-corrected chi connectivity index (χ4v) is 3.50. The summed E-state index contributed by atoms with van der Waals surface area (Å²) >= 11 is 0. The summed E-state index contributed by atoms with van der Waals surface area (Å²) in [6.07, 6.45) is 7.76. The third-order valence-electron chi connectivity index (χ3n) is 4.77. The molecule has 0 aromatic carbocycles. The zero-order valence-electron chi connectivity index (χ0n) is 17.8. The number of ketones is 1. The van der Waals surface area contributed by atoms with E-state index in [0.717, 1.165) is 51.2 Å². The van der Waals surface area contributed by atoms with Crippen LogP contribution >= 0.6 is 0 Å². The Labute approximate surface area is 160 Å². The summed E-state index contributed by atoms with van der Waals surface area (Å²) in [5, 5.41) is 3.19. The number of hydrogen-bond acceptors (Lipinski definition) is 3. The predicted octanol–water partition coefficient (Wildman–Crippen LogP) is 4.94. The summed E-state index contributed by atoms with van der Waals surface area (Å²) in [4.78, 5) is 35.6. The largest absolute Gasteiger partial charge is 0.353 e. The molecule has 152 valence electrons. The number of aldehydes is 1. The molecule has 0 aliphatic carbocycles. The minimum absolute atomic E-state index is 0.00392. The van der Waals surface area contributed by atoms with Gasteiger partial charge in [-0.15, -0.1) is 0 Å². The second-order valence-corrected chi connectivity index (χ2v) is 8.68. The van der Waals surface area contributed by atoms with Crippen LogP contribution in [0.4, 0.5) is 0 Å². The molecule has 1 amide bonds. The van der Waals surface area contributed by atoms with Gasteiger partial charge in [0.25, 0.3) is 0 Å². The van der Waals surface area contributed by atoms with E-state index in [1.807, 2.05) is 0 Å². The van der Waals surface area contributed by atoms with E-state index in [4.69, 9.17) is 0 Å². The van der Waals surface area contributed by atoms with Crippen LogP contribution in [0.1, 0.15) is 92.9 Å². The van der Waals surface area contributed by atoms with E-state index in [9.17, 15) is 14.4 Å². The molecule has 0 unspecified atom stereocenters. The topological polar surface area (TPSA) is 63.2 Å². The molecule has 3 atom stereocenters. The van der Waals surface area contributed by atoms with Gasteiger partial charge in [0, 0.05) is 24.3 Å². The molecule has 0 radical (unpaired) electrons. The summed E-state index contributed by atoms with van der Waals surface area (Å²) in [7, 11) is 0. The standard InChI is InChI=1S/C22H41NO3/c1-7-8-9-19(15-24)10-11-21(13-17(4)5)23-22(26)20(12-16(2)3)14-18(6)25/h15-17,19-21H,7-14H2,1-6H3,(H,23,26)/t19-,20-,21-/m1/s1. The van der Waals surface area contributed by atoms with Crippen molar-refractivity contribution in [3.8, 4) is 0 Å². The highest BCUT2D eigenvalue weighted by Crippen LogP contribution is 2.20. The summed E-state index contributed by atoms with van der Waals surface area (Å²) in [6.45, 7) is 12.1. The number of Topliss-reactive ketones (excluding diaryl/α,β-unsaturated/α-hetero) is 1. The smallest absolute Gasteiger partial charge is 0.223 e. The van der Waals surface area contributed by atoms with E-state index >= 15 is 0 Å². The highest BCUT2D eigenvalue weighted by molar-refractivity contribution is 5.85. The molecule has 0 aromatic rings. The van der Waals surface area contributed by atoms with E-state index in [-0.39, 0.29) is 29.6 Å². The van der Waals surface area contributed by atoms with Gasteiger partial charge in [0.2, 0.25) is 5.91 Å². The van der Waals surface area contributed by atoms with E-state index in [1.165, 1.54) is 0 Å². The molecular weight excluding hydrogens is 326 g/mol. The van der Waals surface area contributed by atoms with Crippen molar-refractivity contribution in [2.24, 2.45) is 23.7 Å². The van der Waals surface area contributed by atoms with Crippen LogP contribution in [0.15, 0.2) is 0 Å². The highest BCUT2D eigenvalue weighted by atomic mass is 16.2. The lowest BCUT2D eigenvalue weighted by atomic mass is 9.89. The third-order valence-corrected chi connectivity index (χ3v) is 4.77. The molecule has 0 aliphatic heterocycles. The van der Waals surface area contributed by atoms with Crippen molar-refractivity contribution in [1.29, 1.82) is 0 Å². The molecule has 0 rings (SSSR count). The second kappa shape index (κ2) is 13.9. The zero-order valence-corrected chi connectivity index (χ0v) is 17.8. The van der Waals surface area contributed by atoms with Crippen molar-refractivity contribution in [1.82, 2.24) is 5.32 Å². The first-order valence-electron chi connectivity index (χ1n) is 10.4. The van der Waals surface area contributed by atoms with Gasteiger partial charge in [-0.25, -0.2) is 0 Å². The Bertz CT molecular complexity index is 418. The molecule has 0 saturated heterocycles. The summed E-state index contributed by atoms with van der Waals surface area (Å²) in [5.74, 6) is 0.751. The van der Waals surface area contributed by atoms with Crippen LogP contribution in [-0.2, 0) is 14.4 Å². The van der Waals surface area contributed by atoms with E-state index in [0.29, 0.717) is 18.3 Å². The van der Waals surface area contributed by atoms with Gasteiger partial charge in [-0.3, -0.25) is 4.79 Å². The number of unbranched alkanes of at least 4 members (excludes halogenated alkanes) is 1. The molecule has 0 heterocycles. The van der Waals surface area contributed by atoms with Crippen LogP contribution in [0.3, 0.4) is 0 Å². The van der Waals surface area contributed by atoms with Gasteiger partial charge in [-0.05, 0) is 50.9 Å². The Balaban J connectivity index is 4.85. The lowest BCUT2D eigenvalue weighted by molar-refractivity contribution is -0.130. The van der Waals surface area contributed by atoms with Gasteiger partial charge in [0.15, 0.2) is 0 Å². The normalized spacial score (nSPS) is 14.9. The second-order valence-electron chi connectivity index (χ2n) is 8.68. The molecule has 26 heavy (non-hydrogen) atoms. The van der Waals surface area contributed by atoms with Crippen LogP contribution in [0.5, 0.6) is 0 Å². The number of carbonyl (C=O) groups is 3. The maximum Gasteiger partial charge on any atom is 0.223 e. The fraction of sp³-hybridized carbons (Fsp3) is 0.864. The molecule has 4 nitrogen and oxygen atoms in total. The number of nitrogens with one attached hydrogen (secondary N) is 1. The molecule has 0 fully saturated rings. The monoisotopic (exact) mass is 367 g/mol. The van der Waals surface area contributed by atoms with Crippen LogP contribution in [0.2, 0.25) is 0 Å². The van der Waals surface area contributed by atoms with Gasteiger partial charge in [0.1, 0.15) is 12.1 Å². The van der Waals surface area contributed by atoms with Crippen molar-refractivity contribution in [3.05, 3.63) is 0 Å². The molecule has 0 spiro atoms. The van der Waals surface area contributed by atoms with Gasteiger partial charge >= 0.3 is 0 Å². The SMILES string of the molecule is CCCC[C@@H](C=O)CC[C@H](CC(C)C)NC(=O)[C@@H](CC(C)=O)CC(C)C. The average Bonchev–Trinajstić information content (AvgIpc) is 2.52. The van der Waals surface area contributed by atoms with Gasteiger partial charge < -0.3 is 14.9 Å². The van der Waals surface area contributed by atoms with Crippen molar-refractivity contribution < 1.29 is 14.4 Å². The van der Waals surface area contributed by atoms with Crippen LogP contribution in [0, 0.1) is 23.7 Å². The van der Waals surface area contributed by atoms with Gasteiger partial charge in [0.05, 0.1) is 0 Å². The Morgan fingerprint density at radius 2 is 1.58 bits per heavy atom. The summed E-state index contributed by atoms with van der Waals surface area (Å²) < 4.78 is 0. The molecule has 0 aromatic heterocycles. The minimum Gasteiger partial charge on any atom is -0.353 e. The fourth-order valence-electron chi connectivity index (χ4n) is 3.50. The van der Waals surface area contributed by atoms with E-state index < -0.39 is 0 Å². The van der Waals surface area contributed by atoms with Crippen LogP contribution in [-0.4, -0.2) is 24.0 Å². The molecular formula is C22H41NO3. The Hall–Kier alpha value is -1.19. The first kappa shape index (κ1) is 24.8. The lowest BCUT2D eigenvalue weighted by Gasteiger charge is -2.25. The first-order valence-corrected chi connectivity index (χ1v) is 10.4. The van der Waals surface area contributed by atoms with E-state index in [1.54, 1.807) is 6.92 Å². The summed E-state index contributed by atoms with van der Waals surface area (Å²) in [6, 6.07) is 0.0770. The molecule has 0 saturated carbocycles. The molecule has 1 N–H and O–H groups in total. The van der Waals surface area contributed by atoms with Crippen LogP contribution in [0.25, 0.3) is 0 Å². The van der Waals surface area contributed by atoms with Crippen molar-refractivity contribution in [2.45, 2.75) is 99.0 Å². The Morgan fingerprint density at radius 1 is 0.962 bits per heavy atom. The molecule has 0 aliphatic rings. The highest BCUT2D eigenvalue weighted by Gasteiger charge is 2.24.